The van der Waals surface area contributed by atoms with Gasteiger partial charge in [-0.1, -0.05) is 12.1 Å². The van der Waals surface area contributed by atoms with Gasteiger partial charge in [-0.3, -0.25) is 14.9 Å². The van der Waals surface area contributed by atoms with Crippen LogP contribution in [0.3, 0.4) is 0 Å². The molecule has 1 saturated heterocycles. The highest BCUT2D eigenvalue weighted by atomic mass is 35.5. The number of nitrogens with one attached hydrogen (secondary N) is 1. The zero-order chi connectivity index (χ0) is 13.3. The highest BCUT2D eigenvalue weighted by molar-refractivity contribution is 8.18. The maximum absolute atomic E-state index is 12.5. The summed E-state index contributed by atoms with van der Waals surface area (Å²) >= 11 is 0.662. The Balaban J connectivity index is 0.00000180. The number of alkyl halides is 3. The molecule has 0 radical (unpaired) electrons. The van der Waals surface area contributed by atoms with Crippen LogP contribution in [-0.2, 0) is 11.0 Å². The Kier molecular flexibility index (Phi) is 4.65. The minimum absolute atomic E-state index is 0. The number of carbonyl (C=O) groups excluding carboxylic acids is 2. The van der Waals surface area contributed by atoms with Gasteiger partial charge in [0.05, 0.1) is 10.5 Å². The van der Waals surface area contributed by atoms with E-state index in [1.807, 2.05) is 5.32 Å². The molecule has 1 aliphatic heterocycles. The summed E-state index contributed by atoms with van der Waals surface area (Å²) in [5.41, 5.74) is -0.580. The molecular formula is C11H7ClF3NO2S. The van der Waals surface area contributed by atoms with Gasteiger partial charge >= 0.3 is 6.18 Å². The van der Waals surface area contributed by atoms with Crippen LogP contribution in [0.1, 0.15) is 11.1 Å². The average Bonchev–Trinajstić information content (AvgIpc) is 2.56. The van der Waals surface area contributed by atoms with Crippen LogP contribution >= 0.6 is 24.2 Å². The molecule has 2 rings (SSSR count). The van der Waals surface area contributed by atoms with Crippen molar-refractivity contribution in [2.45, 2.75) is 6.18 Å². The second-order valence-corrected chi connectivity index (χ2v) is 4.49. The molecule has 1 aromatic carbocycles. The monoisotopic (exact) mass is 309 g/mol. The number of halogens is 4. The number of amides is 2. The molecule has 0 spiro atoms. The summed E-state index contributed by atoms with van der Waals surface area (Å²) < 4.78 is 37.4. The van der Waals surface area contributed by atoms with E-state index in [2.05, 4.69) is 0 Å². The molecule has 1 fully saturated rings. The van der Waals surface area contributed by atoms with Gasteiger partial charge in [0.2, 0.25) is 0 Å². The van der Waals surface area contributed by atoms with Gasteiger partial charge in [-0.2, -0.15) is 13.2 Å². The van der Waals surface area contributed by atoms with Gasteiger partial charge in [0.1, 0.15) is 0 Å². The van der Waals surface area contributed by atoms with Crippen molar-refractivity contribution in [3.05, 3.63) is 40.3 Å². The quantitative estimate of drug-likeness (QED) is 0.808. The molecule has 0 aromatic heterocycles. The highest BCUT2D eigenvalue weighted by Gasteiger charge is 2.30. The third kappa shape index (κ3) is 3.74. The third-order valence-electron chi connectivity index (χ3n) is 2.15. The minimum atomic E-state index is -4.44. The normalized spacial score (nSPS) is 17.3. The Morgan fingerprint density at radius 3 is 2.42 bits per heavy atom. The lowest BCUT2D eigenvalue weighted by Crippen LogP contribution is -2.17. The number of carbonyl (C=O) groups is 2. The van der Waals surface area contributed by atoms with Gasteiger partial charge in [0, 0.05) is 0 Å². The molecule has 1 N–H and O–H groups in total. The van der Waals surface area contributed by atoms with E-state index in [-0.39, 0.29) is 22.9 Å². The third-order valence-corrected chi connectivity index (χ3v) is 2.96. The summed E-state index contributed by atoms with van der Waals surface area (Å²) in [6.07, 6.45) is -3.18. The van der Waals surface area contributed by atoms with Gasteiger partial charge in [0.25, 0.3) is 11.1 Å². The Labute approximate surface area is 116 Å². The van der Waals surface area contributed by atoms with E-state index in [0.717, 1.165) is 12.1 Å². The lowest BCUT2D eigenvalue weighted by atomic mass is 10.1. The number of hydrogen-bond acceptors (Lipinski definition) is 3. The van der Waals surface area contributed by atoms with Crippen molar-refractivity contribution in [1.29, 1.82) is 0 Å². The summed E-state index contributed by atoms with van der Waals surface area (Å²) in [6, 6.07) is 4.53. The summed E-state index contributed by atoms with van der Waals surface area (Å²) in [6.45, 7) is 0. The number of hydrogen-bond donors (Lipinski definition) is 1. The molecule has 0 atom stereocenters. The van der Waals surface area contributed by atoms with E-state index in [0.29, 0.717) is 11.8 Å². The minimum Gasteiger partial charge on any atom is -0.282 e. The first-order chi connectivity index (χ1) is 8.36. The van der Waals surface area contributed by atoms with Crippen molar-refractivity contribution in [3.63, 3.8) is 0 Å². The molecule has 19 heavy (non-hydrogen) atoms. The van der Waals surface area contributed by atoms with Gasteiger partial charge in [-0.25, -0.2) is 0 Å². The molecule has 0 bridgehead atoms. The second-order valence-electron chi connectivity index (χ2n) is 3.48. The number of rotatable bonds is 1. The summed E-state index contributed by atoms with van der Waals surface area (Å²) in [7, 11) is 0. The van der Waals surface area contributed by atoms with Gasteiger partial charge < -0.3 is 0 Å². The van der Waals surface area contributed by atoms with Crippen LogP contribution in [0.5, 0.6) is 0 Å². The van der Waals surface area contributed by atoms with Crippen LogP contribution in [0.15, 0.2) is 29.2 Å². The van der Waals surface area contributed by atoms with Gasteiger partial charge in [-0.05, 0) is 35.5 Å². The molecule has 0 saturated carbocycles. The molecule has 3 nitrogen and oxygen atoms in total. The van der Waals surface area contributed by atoms with E-state index >= 15 is 0 Å². The molecule has 1 aromatic rings. The SMILES string of the molecule is Cl.O=C1NC(=O)C(=Cc2cccc(C(F)(F)F)c2)S1. The zero-order valence-corrected chi connectivity index (χ0v) is 10.8. The number of thioether (sulfide) groups is 1. The molecular weight excluding hydrogens is 303 g/mol. The van der Waals surface area contributed by atoms with E-state index in [9.17, 15) is 22.8 Å². The Hall–Kier alpha value is -1.47. The molecule has 8 heteroatoms. The van der Waals surface area contributed by atoms with Crippen molar-refractivity contribution in [1.82, 2.24) is 5.32 Å². The number of imide groups is 1. The largest absolute Gasteiger partial charge is 0.416 e. The molecule has 102 valence electrons. The highest BCUT2D eigenvalue weighted by Crippen LogP contribution is 2.31. The standard InChI is InChI=1S/C11H6F3NO2S.ClH/c12-11(13,14)7-3-1-2-6(4-7)5-8-9(16)15-10(17)18-8;/h1-5H,(H,15,16,17);1H. The van der Waals surface area contributed by atoms with Crippen molar-refractivity contribution in [2.24, 2.45) is 0 Å². The second kappa shape index (κ2) is 5.66. The zero-order valence-electron chi connectivity index (χ0n) is 9.15. The fraction of sp³-hybridized carbons (Fsp3) is 0.0909. The lowest BCUT2D eigenvalue weighted by molar-refractivity contribution is -0.137. The molecule has 0 unspecified atom stereocenters. The van der Waals surface area contributed by atoms with Crippen LogP contribution in [0.2, 0.25) is 0 Å². The maximum Gasteiger partial charge on any atom is 0.416 e. The first kappa shape index (κ1) is 15.6. The van der Waals surface area contributed by atoms with Crippen molar-refractivity contribution >= 4 is 41.4 Å². The predicted octanol–water partition coefficient (Wildman–Crippen LogP) is 3.45. The first-order valence-corrected chi connectivity index (χ1v) is 5.60. The Morgan fingerprint density at radius 2 is 1.89 bits per heavy atom. The van der Waals surface area contributed by atoms with Crippen molar-refractivity contribution in [2.75, 3.05) is 0 Å². The fourth-order valence-electron chi connectivity index (χ4n) is 1.38. The van der Waals surface area contributed by atoms with E-state index in [1.54, 1.807) is 0 Å². The topological polar surface area (TPSA) is 46.2 Å². The van der Waals surface area contributed by atoms with E-state index in [4.69, 9.17) is 0 Å². The van der Waals surface area contributed by atoms with E-state index in [1.165, 1.54) is 18.2 Å². The summed E-state index contributed by atoms with van der Waals surface area (Å²) in [4.78, 5) is 22.2. The van der Waals surface area contributed by atoms with Crippen LogP contribution in [0.25, 0.3) is 6.08 Å². The number of benzene rings is 1. The Morgan fingerprint density at radius 1 is 1.21 bits per heavy atom. The molecule has 2 amide bonds. The molecule has 0 aliphatic carbocycles. The van der Waals surface area contributed by atoms with Crippen LogP contribution in [-0.4, -0.2) is 11.1 Å². The van der Waals surface area contributed by atoms with Crippen molar-refractivity contribution < 1.29 is 22.8 Å². The molecule has 1 heterocycles. The average molecular weight is 310 g/mol. The Bertz CT molecular complexity index is 557. The maximum atomic E-state index is 12.5. The van der Waals surface area contributed by atoms with Crippen molar-refractivity contribution in [3.8, 4) is 0 Å². The lowest BCUT2D eigenvalue weighted by Gasteiger charge is -2.06. The summed E-state index contributed by atoms with van der Waals surface area (Å²) in [5, 5.41) is 1.50. The smallest absolute Gasteiger partial charge is 0.282 e. The van der Waals surface area contributed by atoms with Crippen LogP contribution < -0.4 is 5.32 Å². The van der Waals surface area contributed by atoms with E-state index < -0.39 is 22.9 Å². The first-order valence-electron chi connectivity index (χ1n) is 4.78. The summed E-state index contributed by atoms with van der Waals surface area (Å²) in [5.74, 6) is -0.595. The fourth-order valence-corrected chi connectivity index (χ4v) is 2.06. The predicted molar refractivity (Wildman–Crippen MR) is 67.8 cm³/mol. The van der Waals surface area contributed by atoms with Crippen LogP contribution in [0.4, 0.5) is 18.0 Å². The van der Waals surface area contributed by atoms with Crippen LogP contribution in [0, 0.1) is 0 Å². The van der Waals surface area contributed by atoms with Gasteiger partial charge in [0.15, 0.2) is 0 Å². The molecule has 1 aliphatic rings. The van der Waals surface area contributed by atoms with Gasteiger partial charge in [-0.15, -0.1) is 12.4 Å².